The lowest BCUT2D eigenvalue weighted by molar-refractivity contribution is -0.140. The highest BCUT2D eigenvalue weighted by molar-refractivity contribution is 5.87. The second-order valence-corrected chi connectivity index (χ2v) is 4.58. The number of esters is 1. The second-order valence-electron chi connectivity index (χ2n) is 4.58. The third-order valence-corrected chi connectivity index (χ3v) is 3.02. The normalized spacial score (nSPS) is 11.6. The lowest BCUT2D eigenvalue weighted by Gasteiger charge is -2.06. The first-order chi connectivity index (χ1) is 9.61. The molecule has 0 aliphatic heterocycles. The lowest BCUT2D eigenvalue weighted by Crippen LogP contribution is -2.15. The third-order valence-electron chi connectivity index (χ3n) is 3.02. The van der Waals surface area contributed by atoms with Crippen molar-refractivity contribution in [2.45, 2.75) is 26.9 Å². The lowest BCUT2D eigenvalue weighted by atomic mass is 10.1. The fourth-order valence-corrected chi connectivity index (χ4v) is 1.95. The monoisotopic (exact) mass is 271 g/mol. The number of nitrogens with one attached hydrogen (secondary N) is 1. The molecule has 104 valence electrons. The average Bonchev–Trinajstić information content (AvgIpc) is 2.45. The first kappa shape index (κ1) is 14.1. The summed E-state index contributed by atoms with van der Waals surface area (Å²) >= 11 is 0. The van der Waals surface area contributed by atoms with Gasteiger partial charge in [0.25, 0.3) is 5.56 Å². The van der Waals surface area contributed by atoms with Crippen LogP contribution in [0.3, 0.4) is 0 Å². The molecule has 0 saturated carbocycles. The van der Waals surface area contributed by atoms with E-state index >= 15 is 0 Å². The van der Waals surface area contributed by atoms with Gasteiger partial charge in [0.1, 0.15) is 6.61 Å². The van der Waals surface area contributed by atoms with E-state index in [4.69, 9.17) is 4.74 Å². The molecule has 4 heteroatoms. The summed E-state index contributed by atoms with van der Waals surface area (Å²) in [6, 6.07) is 9.24. The number of hydrogen-bond acceptors (Lipinski definition) is 3. The van der Waals surface area contributed by atoms with E-state index in [-0.39, 0.29) is 18.1 Å². The van der Waals surface area contributed by atoms with Gasteiger partial charge in [0.2, 0.25) is 0 Å². The molecular weight excluding hydrogens is 254 g/mol. The Morgan fingerprint density at radius 3 is 2.85 bits per heavy atom. The average molecular weight is 271 g/mol. The highest BCUT2D eigenvalue weighted by Crippen LogP contribution is 2.11. The SMILES string of the molecule is CC/C=C(\C)C(=O)OCc1cc2ccccc2[nH]c1=O. The number of aromatic nitrogens is 1. The van der Waals surface area contributed by atoms with Crippen LogP contribution < -0.4 is 5.56 Å². The van der Waals surface area contributed by atoms with Crippen molar-refractivity contribution in [2.75, 3.05) is 0 Å². The number of para-hydroxylation sites is 1. The quantitative estimate of drug-likeness (QED) is 0.687. The minimum atomic E-state index is -0.389. The van der Waals surface area contributed by atoms with Crippen molar-refractivity contribution in [1.29, 1.82) is 0 Å². The zero-order valence-corrected chi connectivity index (χ0v) is 11.6. The third kappa shape index (κ3) is 3.15. The van der Waals surface area contributed by atoms with Crippen LogP contribution in [-0.2, 0) is 16.1 Å². The maximum absolute atomic E-state index is 11.9. The summed E-state index contributed by atoms with van der Waals surface area (Å²) in [5, 5.41) is 0.916. The van der Waals surface area contributed by atoms with E-state index in [1.165, 1.54) is 0 Å². The Morgan fingerprint density at radius 2 is 2.10 bits per heavy atom. The molecule has 0 atom stereocenters. The zero-order chi connectivity index (χ0) is 14.5. The minimum Gasteiger partial charge on any atom is -0.457 e. The van der Waals surface area contributed by atoms with E-state index < -0.39 is 0 Å². The Balaban J connectivity index is 2.18. The molecular formula is C16H17NO3. The van der Waals surface area contributed by atoms with E-state index in [9.17, 15) is 9.59 Å². The Hall–Kier alpha value is -2.36. The van der Waals surface area contributed by atoms with E-state index in [0.717, 1.165) is 17.3 Å². The van der Waals surface area contributed by atoms with Gasteiger partial charge in [-0.3, -0.25) is 4.79 Å². The fraction of sp³-hybridized carbons (Fsp3) is 0.250. The van der Waals surface area contributed by atoms with Gasteiger partial charge in [0.05, 0.1) is 5.56 Å². The van der Waals surface area contributed by atoms with Crippen molar-refractivity contribution < 1.29 is 9.53 Å². The molecule has 1 heterocycles. The summed E-state index contributed by atoms with van der Waals surface area (Å²) in [5.74, 6) is -0.389. The van der Waals surface area contributed by atoms with Crippen LogP contribution in [-0.4, -0.2) is 11.0 Å². The summed E-state index contributed by atoms with van der Waals surface area (Å²) in [4.78, 5) is 26.3. The molecule has 0 aliphatic rings. The summed E-state index contributed by atoms with van der Waals surface area (Å²) < 4.78 is 5.14. The summed E-state index contributed by atoms with van der Waals surface area (Å²) in [5.41, 5.74) is 1.55. The van der Waals surface area contributed by atoms with Gasteiger partial charge in [-0.1, -0.05) is 31.2 Å². The number of carbonyl (C=O) groups excluding carboxylic acids is 1. The number of pyridine rings is 1. The number of benzene rings is 1. The van der Waals surface area contributed by atoms with E-state index in [1.54, 1.807) is 19.1 Å². The fourth-order valence-electron chi connectivity index (χ4n) is 1.95. The molecule has 1 aromatic carbocycles. The van der Waals surface area contributed by atoms with Gasteiger partial charge in [0.15, 0.2) is 0 Å². The molecule has 4 nitrogen and oxygen atoms in total. The number of H-pyrrole nitrogens is 1. The molecule has 2 aromatic rings. The number of ether oxygens (including phenoxy) is 1. The van der Waals surface area contributed by atoms with Crippen molar-refractivity contribution >= 4 is 16.9 Å². The van der Waals surface area contributed by atoms with Crippen LogP contribution in [0, 0.1) is 0 Å². The standard InChI is InChI=1S/C16H17NO3/c1-3-6-11(2)16(19)20-10-13-9-12-7-4-5-8-14(12)17-15(13)18/h4-9H,3,10H2,1-2H3,(H,17,18)/b11-6+. The van der Waals surface area contributed by atoms with E-state index in [1.807, 2.05) is 31.2 Å². The number of carbonyl (C=O) groups is 1. The highest BCUT2D eigenvalue weighted by Gasteiger charge is 2.08. The Bertz CT molecular complexity index is 713. The maximum Gasteiger partial charge on any atom is 0.333 e. The van der Waals surface area contributed by atoms with E-state index in [0.29, 0.717) is 11.1 Å². The molecule has 1 N–H and O–H groups in total. The zero-order valence-electron chi connectivity index (χ0n) is 11.6. The molecule has 20 heavy (non-hydrogen) atoms. The van der Waals surface area contributed by atoms with Crippen LogP contribution in [0.15, 0.2) is 46.8 Å². The van der Waals surface area contributed by atoms with Crippen LogP contribution in [0.1, 0.15) is 25.8 Å². The van der Waals surface area contributed by atoms with Crippen LogP contribution in [0.4, 0.5) is 0 Å². The molecule has 0 aliphatic carbocycles. The van der Waals surface area contributed by atoms with Crippen molar-refractivity contribution in [2.24, 2.45) is 0 Å². The van der Waals surface area contributed by atoms with Crippen molar-refractivity contribution in [3.63, 3.8) is 0 Å². The topological polar surface area (TPSA) is 59.2 Å². The van der Waals surface area contributed by atoms with Gasteiger partial charge in [-0.05, 0) is 30.9 Å². The molecule has 0 unspecified atom stereocenters. The minimum absolute atomic E-state index is 0.0199. The molecule has 0 amide bonds. The highest BCUT2D eigenvalue weighted by atomic mass is 16.5. The van der Waals surface area contributed by atoms with Gasteiger partial charge >= 0.3 is 5.97 Å². The summed E-state index contributed by atoms with van der Waals surface area (Å²) in [7, 11) is 0. The first-order valence-corrected chi connectivity index (χ1v) is 6.56. The smallest absolute Gasteiger partial charge is 0.333 e. The van der Waals surface area contributed by atoms with Crippen LogP contribution >= 0.6 is 0 Å². The molecule has 0 radical (unpaired) electrons. The van der Waals surface area contributed by atoms with Gasteiger partial charge in [-0.2, -0.15) is 0 Å². The second kappa shape index (κ2) is 6.19. The van der Waals surface area contributed by atoms with Gasteiger partial charge in [-0.15, -0.1) is 0 Å². The van der Waals surface area contributed by atoms with E-state index in [2.05, 4.69) is 4.98 Å². The number of aromatic amines is 1. The summed E-state index contributed by atoms with van der Waals surface area (Å²) in [6.45, 7) is 3.63. The molecule has 0 saturated heterocycles. The van der Waals surface area contributed by atoms with Crippen molar-refractivity contribution in [3.05, 3.63) is 57.9 Å². The summed E-state index contributed by atoms with van der Waals surface area (Å²) in [6.07, 6.45) is 2.57. The Labute approximate surface area is 117 Å². The number of fused-ring (bicyclic) bond motifs is 1. The van der Waals surface area contributed by atoms with Crippen LogP contribution in [0.2, 0.25) is 0 Å². The van der Waals surface area contributed by atoms with Crippen molar-refractivity contribution in [3.8, 4) is 0 Å². The molecule has 0 bridgehead atoms. The largest absolute Gasteiger partial charge is 0.457 e. The first-order valence-electron chi connectivity index (χ1n) is 6.56. The predicted octanol–water partition coefficient (Wildman–Crippen LogP) is 2.93. The maximum atomic E-state index is 11.9. The van der Waals surface area contributed by atoms with Crippen molar-refractivity contribution in [1.82, 2.24) is 4.98 Å². The number of hydrogen-bond donors (Lipinski definition) is 1. The Kier molecular flexibility index (Phi) is 4.35. The van der Waals surface area contributed by atoms with Gasteiger partial charge in [0, 0.05) is 11.1 Å². The Morgan fingerprint density at radius 1 is 1.35 bits per heavy atom. The van der Waals surface area contributed by atoms with Gasteiger partial charge in [-0.25, -0.2) is 4.79 Å². The van der Waals surface area contributed by atoms with Crippen LogP contribution in [0.5, 0.6) is 0 Å². The predicted molar refractivity (Wildman–Crippen MR) is 78.4 cm³/mol. The van der Waals surface area contributed by atoms with Gasteiger partial charge < -0.3 is 9.72 Å². The molecule has 1 aromatic heterocycles. The van der Waals surface area contributed by atoms with Crippen LogP contribution in [0.25, 0.3) is 10.9 Å². The number of allylic oxidation sites excluding steroid dienone is 1. The molecule has 0 fully saturated rings. The molecule has 0 spiro atoms. The molecule has 2 rings (SSSR count). The number of rotatable bonds is 4.